The summed E-state index contributed by atoms with van der Waals surface area (Å²) >= 11 is 0. The van der Waals surface area contributed by atoms with Crippen LogP contribution in [0.2, 0.25) is 0 Å². The first-order valence-corrected chi connectivity index (χ1v) is 0. The number of rotatable bonds is 0. The van der Waals surface area contributed by atoms with Crippen LogP contribution in [0.1, 0.15) is 0 Å². The molecule has 0 heterocycles. The molecule has 13 heteroatoms. The maximum absolute atomic E-state index is 0. The predicted octanol–water partition coefficient (Wildman–Crippen LogP) is -2.45. The van der Waals surface area contributed by atoms with E-state index in [0.717, 1.165) is 0 Å². The summed E-state index contributed by atoms with van der Waals surface area (Å²) in [5.41, 5.74) is 0. The molecule has 0 aliphatic carbocycles. The number of hydrogen-bond acceptors (Lipinski definition) is 6. The molecular weight excluding hydrogens is 813 g/mol. The summed E-state index contributed by atoms with van der Waals surface area (Å²) < 4.78 is 0. The van der Waals surface area contributed by atoms with Crippen molar-refractivity contribution in [1.29, 1.82) is 0 Å². The molecule has 13 heavy (non-hydrogen) atoms. The second-order valence-electron chi connectivity index (χ2n) is 0. The minimum absolute atomic E-state index is 0. The van der Waals surface area contributed by atoms with E-state index in [0.29, 0.717) is 0 Å². The largest absolute Gasteiger partial charge is 3.00 e. The molecule has 0 saturated carbocycles. The summed E-state index contributed by atoms with van der Waals surface area (Å²) in [6.45, 7) is 0. The third-order valence-corrected chi connectivity index (χ3v) is 0. The second kappa shape index (κ2) is 140. The van der Waals surface area contributed by atoms with E-state index in [1.165, 1.54) is 0 Å². The molecule has 8 nitrogen and oxygen atoms in total. The van der Waals surface area contributed by atoms with Gasteiger partial charge in [0.15, 0.2) is 0 Å². The average molecular weight is 819 g/mol. The molecule has 70 valence electrons. The Morgan fingerprint density at radius 1 is 0.385 bits per heavy atom. The Labute approximate surface area is 237 Å². The standard InChI is InChI=1S/3Ba.6H2O.2O.W.Y/h;;;6*1H2;;;;/q3*+2;;;;;;;2*-2;;+3/p-6. The van der Waals surface area contributed by atoms with Gasteiger partial charge in [-0.25, -0.2) is 0 Å². The zero-order valence-corrected chi connectivity index (χ0v) is 25.7. The van der Waals surface area contributed by atoms with Gasteiger partial charge in [0.25, 0.3) is 0 Å². The van der Waals surface area contributed by atoms with Crippen LogP contribution >= 0.6 is 0 Å². The molecule has 6 N–H and O–H groups in total. The molecule has 0 aliphatic rings. The first kappa shape index (κ1) is 166. The Morgan fingerprint density at radius 2 is 0.385 bits per heavy atom. The molecule has 0 fully saturated rings. The van der Waals surface area contributed by atoms with Crippen molar-refractivity contribution in [1.82, 2.24) is 0 Å². The molecule has 0 unspecified atom stereocenters. The second-order valence-corrected chi connectivity index (χ2v) is 0. The molecule has 0 rings (SSSR count). The summed E-state index contributed by atoms with van der Waals surface area (Å²) in [5, 5.41) is 0. The van der Waals surface area contributed by atoms with Gasteiger partial charge in [-0.2, -0.15) is 0 Å². The van der Waals surface area contributed by atoms with Crippen LogP contribution < -0.4 is 0 Å². The first-order valence-electron chi connectivity index (χ1n) is 0. The van der Waals surface area contributed by atoms with Crippen molar-refractivity contribution in [3.8, 4) is 0 Å². The van der Waals surface area contributed by atoms with Crippen LogP contribution in [0, 0.1) is 0 Å². The average Bonchev–Trinajstić information content (AvgIpc) is 0. The number of hydrogen-bond donors (Lipinski definition) is 0. The van der Waals surface area contributed by atoms with E-state index < -0.39 is 0 Å². The van der Waals surface area contributed by atoms with Crippen LogP contribution in [-0.4, -0.2) is 180 Å². The molecule has 0 amide bonds. The van der Waals surface area contributed by atoms with E-state index in [1.54, 1.807) is 0 Å². The Balaban J connectivity index is 0. The quantitative estimate of drug-likeness (QED) is 0.241. The molecular formula is H6Ba3O8WY-. The molecule has 0 radical (unpaired) electrons. The van der Waals surface area contributed by atoms with E-state index in [1.807, 2.05) is 0 Å². The van der Waals surface area contributed by atoms with Crippen LogP contribution in [0.15, 0.2) is 0 Å². The molecule has 0 aromatic carbocycles. The normalized spacial score (nSPS) is 0. The molecule has 0 aromatic heterocycles. The van der Waals surface area contributed by atoms with Crippen LogP contribution in [0.3, 0.4) is 0 Å². The fraction of sp³-hybridized carbons (Fsp3) is 0. The van der Waals surface area contributed by atoms with Gasteiger partial charge in [-0.15, -0.1) is 0 Å². The topological polar surface area (TPSA) is 237 Å². The van der Waals surface area contributed by atoms with Crippen LogP contribution in [-0.2, 0) is 64.7 Å². The summed E-state index contributed by atoms with van der Waals surface area (Å²) in [6.07, 6.45) is 0. The molecule has 0 aromatic rings. The summed E-state index contributed by atoms with van der Waals surface area (Å²) in [4.78, 5) is 0. The molecule has 0 aliphatic heterocycles. The maximum atomic E-state index is 0. The van der Waals surface area contributed by atoms with Crippen molar-refractivity contribution >= 4 is 147 Å². The zero-order chi connectivity index (χ0) is 0. The predicted molar refractivity (Wildman–Crippen MR) is 30.2 cm³/mol. The molecule has 0 spiro atoms. The molecule has 0 atom stereocenters. The molecule has 0 saturated heterocycles. The summed E-state index contributed by atoms with van der Waals surface area (Å²) in [5.74, 6) is 0. The smallest absolute Gasteiger partial charge is 2.00 e. The van der Waals surface area contributed by atoms with Gasteiger partial charge in [0, 0.05) is 21.1 Å². The van der Waals surface area contributed by atoms with Crippen LogP contribution in [0.4, 0.5) is 0 Å². The molecule has 0 bridgehead atoms. The van der Waals surface area contributed by atoms with Gasteiger partial charge < -0.3 is 43.8 Å². The van der Waals surface area contributed by atoms with Crippen LogP contribution in [0.5, 0.6) is 0 Å². The fourth-order valence-electron chi connectivity index (χ4n) is 0. The van der Waals surface area contributed by atoms with E-state index in [9.17, 15) is 0 Å². The van der Waals surface area contributed by atoms with E-state index in [-0.39, 0.29) is 244 Å². The third kappa shape index (κ3) is 124. The zero-order valence-electron chi connectivity index (χ0n) is 6.61. The Kier molecular flexibility index (Phi) is 1790. The first-order chi connectivity index (χ1) is 0. The van der Waals surface area contributed by atoms with Crippen molar-refractivity contribution in [2.45, 2.75) is 0 Å². The van der Waals surface area contributed by atoms with Crippen molar-refractivity contribution in [2.75, 3.05) is 0 Å². The van der Waals surface area contributed by atoms with Gasteiger partial charge in [0.1, 0.15) is 0 Å². The summed E-state index contributed by atoms with van der Waals surface area (Å²) in [7, 11) is 0. The van der Waals surface area contributed by atoms with Gasteiger partial charge in [0.05, 0.1) is 0 Å². The van der Waals surface area contributed by atoms with Crippen molar-refractivity contribution in [2.24, 2.45) is 0 Å². The van der Waals surface area contributed by atoms with E-state index >= 15 is 0 Å². The van der Waals surface area contributed by atoms with Gasteiger partial charge in [-0.1, -0.05) is 0 Å². The van der Waals surface area contributed by atoms with Crippen molar-refractivity contribution in [3.05, 3.63) is 0 Å². The maximum Gasteiger partial charge on any atom is 3.00 e. The van der Waals surface area contributed by atoms with Crippen LogP contribution in [0.25, 0.3) is 0 Å². The van der Waals surface area contributed by atoms with Gasteiger partial charge in [0.2, 0.25) is 0 Å². The minimum atomic E-state index is 0. The minimum Gasteiger partial charge on any atom is -2.00 e. The monoisotopic (exact) mass is 821 g/mol. The SMILES string of the molecule is [Ba+2].[Ba+2].[Ba+2].[O-2].[O-2].[OH-].[OH-].[OH-].[OH-].[OH-].[OH-].[W].[Y+3]. The van der Waals surface area contributed by atoms with Crippen molar-refractivity contribution in [3.63, 3.8) is 0 Å². The summed E-state index contributed by atoms with van der Waals surface area (Å²) in [6, 6.07) is 0. The van der Waals surface area contributed by atoms with Gasteiger partial charge in [-0.05, 0) is 0 Å². The Bertz CT molecular complexity index is 19.4. The van der Waals surface area contributed by atoms with E-state index in [4.69, 9.17) is 0 Å². The fourth-order valence-corrected chi connectivity index (χ4v) is 0. The Hall–Kier alpha value is 6.19. The van der Waals surface area contributed by atoms with Gasteiger partial charge >= 0.3 is 179 Å². The van der Waals surface area contributed by atoms with E-state index in [2.05, 4.69) is 0 Å². The third-order valence-electron chi connectivity index (χ3n) is 0. The Morgan fingerprint density at radius 3 is 0.385 bits per heavy atom. The van der Waals surface area contributed by atoms with Crippen molar-refractivity contribution < 1.29 is 97.6 Å². The van der Waals surface area contributed by atoms with Gasteiger partial charge in [-0.3, -0.25) is 0 Å².